The molecule has 3 N–H and O–H groups in total. The van der Waals surface area contributed by atoms with E-state index in [-0.39, 0.29) is 29.6 Å². The molecule has 4 nitrogen and oxygen atoms in total. The van der Waals surface area contributed by atoms with Crippen LogP contribution in [-0.4, -0.2) is 35.5 Å². The normalized spacial score (nSPS) is 13.1. The average Bonchev–Trinajstić information content (AvgIpc) is 2.84. The van der Waals surface area contributed by atoms with Gasteiger partial charge in [0, 0.05) is 18.6 Å². The summed E-state index contributed by atoms with van der Waals surface area (Å²) in [5, 5.41) is 23.3. The van der Waals surface area contributed by atoms with E-state index in [1.165, 1.54) is 89.9 Å². The quantitative estimate of drug-likeness (QED) is 0.113. The summed E-state index contributed by atoms with van der Waals surface area (Å²) in [4.78, 5) is 0. The van der Waals surface area contributed by atoms with Crippen molar-refractivity contribution in [3.05, 3.63) is 42.7 Å². The third kappa shape index (κ3) is 19.5. The van der Waals surface area contributed by atoms with Gasteiger partial charge in [0.05, 0.1) is 18.8 Å². The molecule has 1 rings (SSSR count). The number of rotatable bonds is 23. The van der Waals surface area contributed by atoms with Gasteiger partial charge in [-0.3, -0.25) is 0 Å². The summed E-state index contributed by atoms with van der Waals surface area (Å²) in [6.07, 6.45) is 28.1. The van der Waals surface area contributed by atoms with Gasteiger partial charge >= 0.3 is 0 Å². The molecule has 1 heterocycles. The van der Waals surface area contributed by atoms with Gasteiger partial charge in [-0.2, -0.15) is 0 Å². The highest BCUT2D eigenvalue weighted by atomic mass is 79.9. The van der Waals surface area contributed by atoms with Crippen LogP contribution >= 0.6 is 0 Å². The van der Waals surface area contributed by atoms with E-state index >= 15 is 0 Å². The third-order valence-corrected chi connectivity index (χ3v) is 6.44. The number of hydrogen-bond acceptors (Lipinski definition) is 3. The molecule has 0 spiro atoms. The summed E-state index contributed by atoms with van der Waals surface area (Å²) in [6.45, 7) is 4.15. The molecular weight excluding hydrogens is 488 g/mol. The summed E-state index contributed by atoms with van der Waals surface area (Å²) in [5.74, 6) is 0. The van der Waals surface area contributed by atoms with E-state index in [0.717, 1.165) is 25.9 Å². The molecule has 0 aliphatic heterocycles. The lowest BCUT2D eigenvalue weighted by atomic mass is 10.0. The van der Waals surface area contributed by atoms with E-state index in [9.17, 15) is 10.2 Å². The maximum absolute atomic E-state index is 10.3. The van der Waals surface area contributed by atoms with Gasteiger partial charge in [0.15, 0.2) is 12.4 Å². The number of halogens is 1. The zero-order valence-electron chi connectivity index (χ0n) is 21.9. The molecular formula is C29H53BrN2O2. The number of nitrogens with zero attached hydrogens (tertiary/aromatic N) is 1. The fourth-order valence-electron chi connectivity index (χ4n) is 4.23. The summed E-state index contributed by atoms with van der Waals surface area (Å²) in [7, 11) is 0. The first kappa shape index (κ1) is 33.2. The lowest BCUT2D eigenvalue weighted by Crippen LogP contribution is -3.00. The molecule has 0 fully saturated rings. The molecule has 5 heteroatoms. The molecule has 34 heavy (non-hydrogen) atoms. The van der Waals surface area contributed by atoms with Gasteiger partial charge in [-0.1, -0.05) is 95.8 Å². The second-order valence-electron chi connectivity index (χ2n) is 9.51. The van der Waals surface area contributed by atoms with E-state index in [2.05, 4.69) is 47.4 Å². The van der Waals surface area contributed by atoms with Crippen molar-refractivity contribution < 1.29 is 31.8 Å². The zero-order chi connectivity index (χ0) is 23.8. The van der Waals surface area contributed by atoms with E-state index in [0.29, 0.717) is 0 Å². The van der Waals surface area contributed by atoms with Crippen molar-refractivity contribution in [2.75, 3.05) is 13.2 Å². The van der Waals surface area contributed by atoms with Crippen LogP contribution in [0.25, 0.3) is 0 Å². The van der Waals surface area contributed by atoms with Crippen molar-refractivity contribution in [3.8, 4) is 0 Å². The molecule has 0 aliphatic carbocycles. The number of hydrogen-bond donors (Lipinski definition) is 3. The van der Waals surface area contributed by atoms with Crippen LogP contribution in [0.2, 0.25) is 0 Å². The van der Waals surface area contributed by atoms with Gasteiger partial charge in [0.2, 0.25) is 0 Å². The maximum atomic E-state index is 10.3. The first-order chi connectivity index (χ1) is 16.3. The molecule has 0 saturated carbocycles. The molecule has 0 unspecified atom stereocenters. The van der Waals surface area contributed by atoms with Crippen LogP contribution in [0.15, 0.2) is 42.7 Å². The highest BCUT2D eigenvalue weighted by Gasteiger charge is 2.14. The van der Waals surface area contributed by atoms with Crippen LogP contribution in [0.4, 0.5) is 0 Å². The van der Waals surface area contributed by atoms with E-state index < -0.39 is 6.10 Å². The predicted octanol–water partition coefficient (Wildman–Crippen LogP) is 3.11. The highest BCUT2D eigenvalue weighted by molar-refractivity contribution is 4.94. The Kier molecular flexibility index (Phi) is 24.8. The van der Waals surface area contributed by atoms with Gasteiger partial charge in [0.1, 0.15) is 6.54 Å². The Morgan fingerprint density at radius 2 is 1.32 bits per heavy atom. The SMILES string of the molecule is CCCCCCCCCCCCC/C=C/[C@@H](O)[C@H](CO)NCCCCCC[n+]1ccccc1.[Br-]. The van der Waals surface area contributed by atoms with Crippen molar-refractivity contribution in [1.82, 2.24) is 5.32 Å². The molecule has 0 amide bonds. The van der Waals surface area contributed by atoms with Gasteiger partial charge in [-0.25, -0.2) is 4.57 Å². The molecule has 0 saturated heterocycles. The highest BCUT2D eigenvalue weighted by Crippen LogP contribution is 2.12. The Morgan fingerprint density at radius 3 is 1.94 bits per heavy atom. The molecule has 198 valence electrons. The van der Waals surface area contributed by atoms with E-state index in [1.807, 2.05) is 12.1 Å². The van der Waals surface area contributed by atoms with E-state index in [4.69, 9.17) is 0 Å². The van der Waals surface area contributed by atoms with Crippen molar-refractivity contribution in [2.24, 2.45) is 0 Å². The lowest BCUT2D eigenvalue weighted by Gasteiger charge is -2.19. The molecule has 1 aromatic heterocycles. The molecule has 0 radical (unpaired) electrons. The minimum absolute atomic E-state index is 0. The minimum Gasteiger partial charge on any atom is -1.00 e. The Labute approximate surface area is 221 Å². The number of unbranched alkanes of at least 4 members (excludes halogenated alkanes) is 14. The van der Waals surface area contributed by atoms with Gasteiger partial charge in [0.25, 0.3) is 0 Å². The number of aliphatic hydroxyl groups excluding tert-OH is 2. The largest absolute Gasteiger partial charge is 1.00 e. The third-order valence-electron chi connectivity index (χ3n) is 6.44. The van der Waals surface area contributed by atoms with Crippen LogP contribution in [0.5, 0.6) is 0 Å². The Morgan fingerprint density at radius 1 is 0.765 bits per heavy atom. The lowest BCUT2D eigenvalue weighted by molar-refractivity contribution is -0.697. The van der Waals surface area contributed by atoms with Crippen LogP contribution in [0.3, 0.4) is 0 Å². The molecule has 0 aromatic carbocycles. The number of aliphatic hydroxyl groups is 2. The second kappa shape index (κ2) is 25.3. The molecule has 0 bridgehead atoms. The number of aryl methyl sites for hydroxylation is 1. The van der Waals surface area contributed by atoms with Crippen LogP contribution < -0.4 is 26.9 Å². The number of pyridine rings is 1. The molecule has 1 aromatic rings. The van der Waals surface area contributed by atoms with Crippen LogP contribution in [0, 0.1) is 0 Å². The first-order valence-corrected chi connectivity index (χ1v) is 13.9. The fraction of sp³-hybridized carbons (Fsp3) is 0.759. The smallest absolute Gasteiger partial charge is 0.168 e. The van der Waals surface area contributed by atoms with Gasteiger partial charge in [-0.05, 0) is 32.2 Å². The summed E-state index contributed by atoms with van der Waals surface area (Å²) in [6, 6.07) is 5.91. The Balaban J connectivity index is 0.0000109. The fourth-order valence-corrected chi connectivity index (χ4v) is 4.23. The number of aromatic nitrogens is 1. The number of allylic oxidation sites excluding steroid dienone is 1. The van der Waals surface area contributed by atoms with Crippen molar-refractivity contribution in [3.63, 3.8) is 0 Å². The van der Waals surface area contributed by atoms with Gasteiger partial charge < -0.3 is 32.5 Å². The second-order valence-corrected chi connectivity index (χ2v) is 9.51. The van der Waals surface area contributed by atoms with Crippen LogP contribution in [-0.2, 0) is 6.54 Å². The monoisotopic (exact) mass is 540 g/mol. The Bertz CT molecular complexity index is 556. The standard InChI is InChI=1S/C29H53N2O2.BrH/c1-2-3-4-5-6-7-8-9-10-11-12-13-17-22-29(33)28(27-32)30-23-18-14-15-19-24-31-25-20-16-21-26-31;/h16-17,20-22,25-26,28-30,32-33H,2-15,18-19,23-24,27H2,1H3;1H/q+1;/p-1/b22-17+;/t28-,29+;/m0./s1. The Hall–Kier alpha value is -0.750. The summed E-state index contributed by atoms with van der Waals surface area (Å²) < 4.78 is 2.22. The van der Waals surface area contributed by atoms with Crippen molar-refractivity contribution >= 4 is 0 Å². The summed E-state index contributed by atoms with van der Waals surface area (Å²) >= 11 is 0. The van der Waals surface area contributed by atoms with E-state index in [1.54, 1.807) is 0 Å². The molecule has 2 atom stereocenters. The number of nitrogens with one attached hydrogen (secondary N) is 1. The van der Waals surface area contributed by atoms with Crippen molar-refractivity contribution in [1.29, 1.82) is 0 Å². The topological polar surface area (TPSA) is 56.4 Å². The van der Waals surface area contributed by atoms with Crippen molar-refractivity contribution in [2.45, 2.75) is 128 Å². The minimum atomic E-state index is -0.614. The average molecular weight is 542 g/mol. The van der Waals surface area contributed by atoms with Gasteiger partial charge in [-0.15, -0.1) is 0 Å². The summed E-state index contributed by atoms with van der Waals surface area (Å²) in [5.41, 5.74) is 0. The first-order valence-electron chi connectivity index (χ1n) is 13.9. The zero-order valence-corrected chi connectivity index (χ0v) is 23.4. The molecule has 0 aliphatic rings. The van der Waals surface area contributed by atoms with Crippen LogP contribution in [0.1, 0.15) is 110 Å². The predicted molar refractivity (Wildman–Crippen MR) is 140 cm³/mol. The maximum Gasteiger partial charge on any atom is 0.168 e.